The SMILES string of the molecule is CCC(Oc1cccc2c1B(O)OC2)N1CCN(c2cc3c(cc2F)c(=O)c(C(=O)O)cn3C2CC2)CC1. The van der Waals surface area contributed by atoms with Gasteiger partial charge in [-0.25, -0.2) is 9.18 Å². The van der Waals surface area contributed by atoms with Crippen LogP contribution < -0.4 is 20.5 Å². The molecule has 1 aromatic heterocycles. The molecule has 0 bridgehead atoms. The van der Waals surface area contributed by atoms with Gasteiger partial charge < -0.3 is 29.0 Å². The maximum atomic E-state index is 15.3. The minimum atomic E-state index is -1.30. The number of anilines is 1. The molecule has 0 spiro atoms. The molecule has 0 radical (unpaired) electrons. The van der Waals surface area contributed by atoms with E-state index in [2.05, 4.69) is 4.90 Å². The van der Waals surface area contributed by atoms with E-state index < -0.39 is 24.3 Å². The Morgan fingerprint density at radius 2 is 2.00 bits per heavy atom. The Hall–Kier alpha value is -3.41. The molecule has 3 aliphatic rings. The van der Waals surface area contributed by atoms with Crippen molar-refractivity contribution in [3.63, 3.8) is 0 Å². The molecule has 38 heavy (non-hydrogen) atoms. The summed E-state index contributed by atoms with van der Waals surface area (Å²) in [7, 11) is -0.994. The summed E-state index contributed by atoms with van der Waals surface area (Å²) in [6, 6.07) is 8.65. The van der Waals surface area contributed by atoms with E-state index in [1.54, 1.807) is 6.07 Å². The summed E-state index contributed by atoms with van der Waals surface area (Å²) in [5, 5.41) is 19.8. The number of carboxylic acids is 1. The van der Waals surface area contributed by atoms with Crippen LogP contribution in [-0.2, 0) is 11.3 Å². The van der Waals surface area contributed by atoms with Gasteiger partial charge in [0.05, 0.1) is 17.8 Å². The van der Waals surface area contributed by atoms with Crippen molar-refractivity contribution in [3.05, 3.63) is 63.7 Å². The highest BCUT2D eigenvalue weighted by Crippen LogP contribution is 2.38. The topological polar surface area (TPSA) is 104 Å². The average molecular weight is 521 g/mol. The summed E-state index contributed by atoms with van der Waals surface area (Å²) >= 11 is 0. The lowest BCUT2D eigenvalue weighted by molar-refractivity contribution is 0.0191. The molecular formula is C27H29BFN3O6. The Kier molecular flexibility index (Phi) is 6.37. The van der Waals surface area contributed by atoms with Gasteiger partial charge >= 0.3 is 13.1 Å². The summed E-state index contributed by atoms with van der Waals surface area (Å²) in [4.78, 5) is 28.6. The zero-order valence-electron chi connectivity index (χ0n) is 21.1. The molecule has 198 valence electrons. The summed E-state index contributed by atoms with van der Waals surface area (Å²) in [6.07, 6.45) is 3.70. The number of carbonyl (C=O) groups is 1. The number of pyridine rings is 1. The molecule has 3 heterocycles. The number of hydrogen-bond acceptors (Lipinski definition) is 7. The minimum Gasteiger partial charge on any atom is -0.477 e. The maximum absolute atomic E-state index is 15.3. The lowest BCUT2D eigenvalue weighted by atomic mass is 9.79. The number of fused-ring (bicyclic) bond motifs is 2. The third kappa shape index (κ3) is 4.34. The highest BCUT2D eigenvalue weighted by Gasteiger charge is 2.33. The van der Waals surface area contributed by atoms with Crippen LogP contribution in [0.15, 0.2) is 41.3 Å². The minimum absolute atomic E-state index is 0.0951. The molecule has 1 aliphatic carbocycles. The van der Waals surface area contributed by atoms with E-state index in [-0.39, 0.29) is 23.2 Å². The van der Waals surface area contributed by atoms with Crippen LogP contribution in [0.2, 0.25) is 0 Å². The molecule has 6 rings (SSSR count). The van der Waals surface area contributed by atoms with Gasteiger partial charge in [-0.05, 0) is 43.0 Å². The summed E-state index contributed by atoms with van der Waals surface area (Å²) in [5.74, 6) is -1.23. The molecular weight excluding hydrogens is 492 g/mol. The van der Waals surface area contributed by atoms with Crippen LogP contribution in [0.1, 0.15) is 48.1 Å². The molecule has 2 aliphatic heterocycles. The van der Waals surface area contributed by atoms with Crippen LogP contribution in [-0.4, -0.2) is 65.1 Å². The smallest absolute Gasteiger partial charge is 0.477 e. The molecule has 9 nitrogen and oxygen atoms in total. The van der Waals surface area contributed by atoms with E-state index in [0.717, 1.165) is 24.8 Å². The summed E-state index contributed by atoms with van der Waals surface area (Å²) in [5.41, 5.74) is 1.57. The lowest BCUT2D eigenvalue weighted by Crippen LogP contribution is -2.52. The van der Waals surface area contributed by atoms with Crippen molar-refractivity contribution < 1.29 is 28.7 Å². The largest absolute Gasteiger partial charge is 0.495 e. The number of rotatable bonds is 7. The Morgan fingerprint density at radius 1 is 1.24 bits per heavy atom. The number of aromatic carboxylic acids is 1. The van der Waals surface area contributed by atoms with Crippen molar-refractivity contribution in [2.45, 2.75) is 45.1 Å². The normalized spacial score (nSPS) is 18.6. The van der Waals surface area contributed by atoms with Gasteiger partial charge in [-0.3, -0.25) is 9.69 Å². The van der Waals surface area contributed by atoms with Gasteiger partial charge in [0.1, 0.15) is 17.1 Å². The van der Waals surface area contributed by atoms with E-state index in [0.29, 0.717) is 55.2 Å². The van der Waals surface area contributed by atoms with Crippen molar-refractivity contribution in [3.8, 4) is 5.75 Å². The fourth-order valence-corrected chi connectivity index (χ4v) is 5.57. The van der Waals surface area contributed by atoms with Gasteiger partial charge in [0.25, 0.3) is 0 Å². The van der Waals surface area contributed by atoms with Crippen molar-refractivity contribution in [2.75, 3.05) is 31.1 Å². The highest BCUT2D eigenvalue weighted by atomic mass is 19.1. The second-order valence-corrected chi connectivity index (χ2v) is 10.1. The molecule has 1 unspecified atom stereocenters. The average Bonchev–Trinajstić information content (AvgIpc) is 3.69. The standard InChI is InChI=1S/C27H29BFN3O6/c1-2-24(38-23-5-3-4-16-15-37-28(36)25(16)23)31-10-8-30(9-11-31)22-13-21-18(12-20(22)29)26(33)19(27(34)35)14-32(21)17-6-7-17/h3-5,12-14,17,24,36H,2,6-11,15H2,1H3,(H,34,35). The second-order valence-electron chi connectivity index (χ2n) is 10.1. The van der Waals surface area contributed by atoms with Gasteiger partial charge in [-0.2, -0.15) is 0 Å². The highest BCUT2D eigenvalue weighted by molar-refractivity contribution is 6.62. The quantitative estimate of drug-likeness (QED) is 0.457. The molecule has 2 aromatic carbocycles. The number of aromatic nitrogens is 1. The number of halogens is 1. The van der Waals surface area contributed by atoms with Gasteiger partial charge in [-0.1, -0.05) is 19.1 Å². The first-order valence-electron chi connectivity index (χ1n) is 13.0. The molecule has 1 saturated heterocycles. The number of piperazine rings is 1. The molecule has 3 aromatic rings. The summed E-state index contributed by atoms with van der Waals surface area (Å²) in [6.45, 7) is 4.78. The zero-order valence-corrected chi connectivity index (χ0v) is 21.1. The monoisotopic (exact) mass is 521 g/mol. The van der Waals surface area contributed by atoms with Gasteiger partial charge in [-0.15, -0.1) is 0 Å². The number of carboxylic acid groups (broad SMARTS) is 1. The van der Waals surface area contributed by atoms with Crippen molar-refractivity contribution in [1.82, 2.24) is 9.47 Å². The number of hydrogen-bond donors (Lipinski definition) is 2. The van der Waals surface area contributed by atoms with E-state index in [9.17, 15) is 19.7 Å². The van der Waals surface area contributed by atoms with Crippen LogP contribution in [0.4, 0.5) is 10.1 Å². The first-order chi connectivity index (χ1) is 18.4. The van der Waals surface area contributed by atoms with E-state index >= 15 is 4.39 Å². The Balaban J connectivity index is 1.23. The van der Waals surface area contributed by atoms with Crippen LogP contribution in [0.3, 0.4) is 0 Å². The van der Waals surface area contributed by atoms with Crippen LogP contribution in [0.5, 0.6) is 5.75 Å². The number of ether oxygens (including phenoxy) is 1. The van der Waals surface area contributed by atoms with Gasteiger partial charge in [0.15, 0.2) is 6.23 Å². The Labute approximate surface area is 219 Å². The predicted octanol–water partition coefficient (Wildman–Crippen LogP) is 2.33. The molecule has 11 heteroatoms. The first-order valence-corrected chi connectivity index (χ1v) is 13.0. The lowest BCUT2D eigenvalue weighted by Gasteiger charge is -2.40. The van der Waals surface area contributed by atoms with Crippen molar-refractivity contribution in [2.24, 2.45) is 0 Å². The van der Waals surface area contributed by atoms with Crippen LogP contribution >= 0.6 is 0 Å². The van der Waals surface area contributed by atoms with E-state index in [1.165, 1.54) is 12.3 Å². The third-order valence-electron chi connectivity index (χ3n) is 7.75. The molecule has 2 fully saturated rings. The molecule has 2 N–H and O–H groups in total. The number of nitrogens with zero attached hydrogens (tertiary/aromatic N) is 3. The van der Waals surface area contributed by atoms with E-state index in [4.69, 9.17) is 9.39 Å². The first kappa shape index (κ1) is 24.9. The molecule has 1 saturated carbocycles. The van der Waals surface area contributed by atoms with Crippen molar-refractivity contribution >= 4 is 35.1 Å². The van der Waals surface area contributed by atoms with Gasteiger partial charge in [0, 0.05) is 49.3 Å². The zero-order chi connectivity index (χ0) is 26.6. The Morgan fingerprint density at radius 3 is 2.68 bits per heavy atom. The fourth-order valence-electron chi connectivity index (χ4n) is 5.57. The van der Waals surface area contributed by atoms with Gasteiger partial charge in [0.2, 0.25) is 5.43 Å². The molecule has 1 atom stereocenters. The van der Waals surface area contributed by atoms with E-state index in [1.807, 2.05) is 34.6 Å². The fraction of sp³-hybridized carbons (Fsp3) is 0.407. The van der Waals surface area contributed by atoms with Crippen LogP contribution in [0, 0.1) is 5.82 Å². The van der Waals surface area contributed by atoms with Crippen LogP contribution in [0.25, 0.3) is 10.9 Å². The second kappa shape index (κ2) is 9.72. The number of benzene rings is 2. The Bertz CT molecular complexity index is 1470. The predicted molar refractivity (Wildman–Crippen MR) is 141 cm³/mol. The molecule has 0 amide bonds. The maximum Gasteiger partial charge on any atom is 0.495 e. The van der Waals surface area contributed by atoms with Crippen molar-refractivity contribution in [1.29, 1.82) is 0 Å². The third-order valence-corrected chi connectivity index (χ3v) is 7.75. The summed E-state index contributed by atoms with van der Waals surface area (Å²) < 4.78 is 28.8.